The van der Waals surface area contributed by atoms with E-state index in [4.69, 9.17) is 11.5 Å². The third kappa shape index (κ3) is 2.90. The molecule has 1 aliphatic carbocycles. The van der Waals surface area contributed by atoms with E-state index in [-0.39, 0.29) is 28.2 Å². The third-order valence-corrected chi connectivity index (χ3v) is 8.46. The molecule has 160 valence electrons. The molecule has 0 saturated heterocycles. The predicted octanol–water partition coefficient (Wildman–Crippen LogP) is 5.97. The van der Waals surface area contributed by atoms with E-state index < -0.39 is 11.3 Å². The monoisotopic (exact) mass is 556 g/mol. The van der Waals surface area contributed by atoms with Crippen molar-refractivity contribution >= 4 is 44.6 Å². The van der Waals surface area contributed by atoms with Crippen LogP contribution in [0.2, 0.25) is 0 Å². The largest absolute Gasteiger partial charge is 0.506 e. The van der Waals surface area contributed by atoms with E-state index in [0.717, 1.165) is 27.8 Å². The fourth-order valence-corrected chi connectivity index (χ4v) is 6.51. The fourth-order valence-electron chi connectivity index (χ4n) is 4.78. The van der Waals surface area contributed by atoms with Crippen LogP contribution in [0.3, 0.4) is 0 Å². The molecule has 6 N–H and O–H groups in total. The topological polar surface area (TPSA) is 92.5 Å². The van der Waals surface area contributed by atoms with E-state index in [0.29, 0.717) is 5.56 Å². The molecular formula is C25H19FIN2O2P. The molecule has 1 atom stereocenters. The molecule has 0 fully saturated rings. The molecular weight excluding hydrogens is 537 g/mol. The molecule has 4 aromatic carbocycles. The summed E-state index contributed by atoms with van der Waals surface area (Å²) in [6, 6.07) is 24.5. The lowest BCUT2D eigenvalue weighted by atomic mass is 9.67. The normalized spacial score (nSPS) is 14.6. The number of hydrogen-bond acceptors (Lipinski definition) is 4. The molecule has 0 radical (unpaired) electrons. The molecule has 0 aliphatic heterocycles. The summed E-state index contributed by atoms with van der Waals surface area (Å²) in [5.74, 6) is -2.29. The van der Waals surface area contributed by atoms with E-state index in [1.807, 2.05) is 54.6 Å². The quantitative estimate of drug-likeness (QED) is 0.0955. The second-order valence-electron chi connectivity index (χ2n) is 7.78. The average molecular weight is 556 g/mol. The minimum Gasteiger partial charge on any atom is -0.506 e. The van der Waals surface area contributed by atoms with Crippen LogP contribution in [-0.2, 0) is 5.41 Å². The second kappa shape index (κ2) is 7.64. The fraction of sp³-hybridized carbons (Fsp3) is 0.0400. The Morgan fingerprint density at radius 1 is 0.750 bits per heavy atom. The van der Waals surface area contributed by atoms with Gasteiger partial charge in [0.05, 0.1) is 16.8 Å². The number of aromatic hydroxyl groups is 2. The molecule has 4 nitrogen and oxygen atoms in total. The summed E-state index contributed by atoms with van der Waals surface area (Å²) in [6.07, 6.45) is 0. The van der Waals surface area contributed by atoms with Gasteiger partial charge in [0.1, 0.15) is 11.5 Å². The highest BCUT2D eigenvalue weighted by Gasteiger charge is 2.46. The predicted molar refractivity (Wildman–Crippen MR) is 138 cm³/mol. The zero-order valence-electron chi connectivity index (χ0n) is 16.8. The minimum atomic E-state index is -2.08. The standard InChI is InChI=1S/C25H19FIN2O2P/c26-32(27)23-13-15(12-22(31)24(23)29)25(14-9-10-20(28)21(30)11-14)18-7-3-1-5-16(18)17-6-2-4-8-19(17)25/h1-13,30-31H,28-29H2. The van der Waals surface area contributed by atoms with E-state index in [1.54, 1.807) is 46.3 Å². The molecule has 4 aromatic rings. The Kier molecular flexibility index (Phi) is 5.02. The molecule has 1 aliphatic rings. The lowest BCUT2D eigenvalue weighted by Crippen LogP contribution is -2.29. The van der Waals surface area contributed by atoms with Crippen LogP contribution in [-0.4, -0.2) is 10.2 Å². The van der Waals surface area contributed by atoms with Crippen LogP contribution in [0, 0.1) is 0 Å². The Bertz CT molecular complexity index is 1330. The van der Waals surface area contributed by atoms with Crippen molar-refractivity contribution in [2.75, 3.05) is 11.5 Å². The van der Waals surface area contributed by atoms with Gasteiger partial charge in [0, 0.05) is 5.30 Å². The summed E-state index contributed by atoms with van der Waals surface area (Å²) >= 11 is 1.71. The van der Waals surface area contributed by atoms with Crippen molar-refractivity contribution in [3.8, 4) is 22.6 Å². The molecule has 0 amide bonds. The van der Waals surface area contributed by atoms with E-state index in [2.05, 4.69) is 0 Å². The highest BCUT2D eigenvalue weighted by Crippen LogP contribution is 2.58. The number of phenols is 2. The number of nitrogens with two attached hydrogens (primary N) is 2. The highest BCUT2D eigenvalue weighted by molar-refractivity contribution is 14.2. The first-order valence-corrected chi connectivity index (χ1v) is 13.9. The number of halogens is 2. The van der Waals surface area contributed by atoms with Crippen LogP contribution in [0.1, 0.15) is 22.3 Å². The van der Waals surface area contributed by atoms with Crippen molar-refractivity contribution < 1.29 is 14.4 Å². The Morgan fingerprint density at radius 2 is 1.31 bits per heavy atom. The maximum atomic E-state index is 14.6. The first-order valence-electron chi connectivity index (χ1n) is 9.88. The van der Waals surface area contributed by atoms with Gasteiger partial charge >= 0.3 is 0 Å². The van der Waals surface area contributed by atoms with Crippen LogP contribution >= 0.6 is 27.9 Å². The minimum absolute atomic E-state index is 0.0368. The van der Waals surface area contributed by atoms with Gasteiger partial charge in [-0.25, -0.2) is 4.20 Å². The van der Waals surface area contributed by atoms with Gasteiger partial charge in [0.2, 0.25) is 0 Å². The Labute approximate surface area is 199 Å². The Morgan fingerprint density at radius 3 is 1.88 bits per heavy atom. The zero-order chi connectivity index (χ0) is 22.6. The van der Waals surface area contributed by atoms with Gasteiger partial charge in [0.15, 0.2) is 5.87 Å². The molecule has 1 unspecified atom stereocenters. The summed E-state index contributed by atoms with van der Waals surface area (Å²) in [4.78, 5) is 0. The molecule has 32 heavy (non-hydrogen) atoms. The van der Waals surface area contributed by atoms with E-state index in [1.165, 1.54) is 0 Å². The lowest BCUT2D eigenvalue weighted by Gasteiger charge is -2.34. The number of hydrogen-bond donors (Lipinski definition) is 4. The van der Waals surface area contributed by atoms with Crippen molar-refractivity contribution in [2.45, 2.75) is 5.41 Å². The second-order valence-corrected chi connectivity index (χ2v) is 11.3. The summed E-state index contributed by atoms with van der Waals surface area (Å²) in [6.45, 7) is 0. The molecule has 0 aromatic heterocycles. The van der Waals surface area contributed by atoms with Gasteiger partial charge in [-0.05, 0) is 79.7 Å². The maximum Gasteiger partial charge on any atom is 0.179 e. The first kappa shape index (κ1) is 21.0. The Hall–Kier alpha value is -2.83. The molecule has 5 rings (SSSR count). The van der Waals surface area contributed by atoms with Crippen LogP contribution < -0.4 is 16.8 Å². The van der Waals surface area contributed by atoms with Gasteiger partial charge < -0.3 is 21.7 Å². The van der Waals surface area contributed by atoms with Crippen molar-refractivity contribution in [1.82, 2.24) is 0 Å². The van der Waals surface area contributed by atoms with Crippen molar-refractivity contribution in [3.63, 3.8) is 0 Å². The third-order valence-electron chi connectivity index (χ3n) is 6.17. The van der Waals surface area contributed by atoms with Gasteiger partial charge in [-0.3, -0.25) is 0 Å². The van der Waals surface area contributed by atoms with Crippen LogP contribution in [0.4, 0.5) is 15.6 Å². The van der Waals surface area contributed by atoms with Crippen molar-refractivity contribution in [1.29, 1.82) is 0 Å². The number of fused-ring (bicyclic) bond motifs is 3. The van der Waals surface area contributed by atoms with Gasteiger partial charge in [0.25, 0.3) is 0 Å². The summed E-state index contributed by atoms with van der Waals surface area (Å²) in [7, 11) is 0. The number of anilines is 2. The number of rotatable bonds is 3. The highest BCUT2D eigenvalue weighted by atomic mass is 127. The maximum absolute atomic E-state index is 14.6. The first-order chi connectivity index (χ1) is 15.4. The van der Waals surface area contributed by atoms with E-state index in [9.17, 15) is 14.4 Å². The van der Waals surface area contributed by atoms with Gasteiger partial charge in [-0.15, -0.1) is 0 Å². The van der Waals surface area contributed by atoms with Crippen molar-refractivity contribution in [3.05, 3.63) is 101 Å². The SMILES string of the molecule is Nc1ccc(C2(c3cc(O)c(N)c(P(F)I)c3)c3ccccc3-c3ccccc32)cc1O. The van der Waals surface area contributed by atoms with E-state index >= 15 is 0 Å². The molecule has 0 heterocycles. The molecule has 0 bridgehead atoms. The molecule has 0 spiro atoms. The van der Waals surface area contributed by atoms with Crippen LogP contribution in [0.25, 0.3) is 11.1 Å². The van der Waals surface area contributed by atoms with Crippen molar-refractivity contribution in [2.24, 2.45) is 0 Å². The van der Waals surface area contributed by atoms with Crippen LogP contribution in [0.5, 0.6) is 11.5 Å². The smallest absolute Gasteiger partial charge is 0.179 e. The van der Waals surface area contributed by atoms with Gasteiger partial charge in [-0.1, -0.05) is 54.6 Å². The van der Waals surface area contributed by atoms with Gasteiger partial charge in [-0.2, -0.15) is 0 Å². The summed E-state index contributed by atoms with van der Waals surface area (Å²) in [5, 5.41) is 21.5. The Balaban J connectivity index is 1.98. The number of benzene rings is 4. The number of nitrogen functional groups attached to an aromatic ring is 2. The lowest BCUT2D eigenvalue weighted by molar-refractivity contribution is 0.475. The molecule has 0 saturated carbocycles. The van der Waals surface area contributed by atoms with Crippen LogP contribution in [0.15, 0.2) is 78.9 Å². The summed E-state index contributed by atoms with van der Waals surface area (Å²) in [5.41, 5.74) is 16.8. The number of phenolic OH excluding ortho intramolecular Hbond substituents is 2. The zero-order valence-corrected chi connectivity index (χ0v) is 19.8. The summed E-state index contributed by atoms with van der Waals surface area (Å²) < 4.78 is 14.6. The molecule has 7 heteroatoms. The average Bonchev–Trinajstić information content (AvgIpc) is 3.09.